The van der Waals surface area contributed by atoms with Crippen LogP contribution in [0.1, 0.15) is 15.9 Å². The van der Waals surface area contributed by atoms with Crippen LogP contribution in [0.4, 0.5) is 0 Å². The summed E-state index contributed by atoms with van der Waals surface area (Å²) in [5.41, 5.74) is 3.11. The molecule has 0 radical (unpaired) electrons. The number of nitro groups is 1. The molecule has 0 unspecified atom stereocenters. The van der Waals surface area contributed by atoms with Crippen LogP contribution in [0.3, 0.4) is 0 Å². The van der Waals surface area contributed by atoms with Crippen molar-refractivity contribution in [3.8, 4) is 5.69 Å². The highest BCUT2D eigenvalue weighted by atomic mass is 16.6. The van der Waals surface area contributed by atoms with Gasteiger partial charge in [0.25, 0.3) is 0 Å². The maximum atomic E-state index is 11.8. The molecule has 1 aromatic heterocycles. The van der Waals surface area contributed by atoms with Gasteiger partial charge in [-0.05, 0) is 35.9 Å². The molecule has 0 saturated carbocycles. The maximum Gasteiger partial charge on any atom is 0.337 e. The SMILES string of the molecule is COC(=O)c1ccc2c(c1)c(CC[N+](=O)[O-])cn2-c1ccccc1. The van der Waals surface area contributed by atoms with E-state index in [9.17, 15) is 14.9 Å². The molecule has 0 fully saturated rings. The van der Waals surface area contributed by atoms with Crippen molar-refractivity contribution >= 4 is 16.9 Å². The molecule has 0 N–H and O–H groups in total. The van der Waals surface area contributed by atoms with Crippen molar-refractivity contribution in [2.75, 3.05) is 13.7 Å². The molecule has 0 aliphatic carbocycles. The van der Waals surface area contributed by atoms with E-state index in [1.807, 2.05) is 47.2 Å². The minimum Gasteiger partial charge on any atom is -0.465 e. The van der Waals surface area contributed by atoms with Crippen LogP contribution in [0.5, 0.6) is 0 Å². The summed E-state index contributed by atoms with van der Waals surface area (Å²) in [5.74, 6) is -0.426. The third kappa shape index (κ3) is 2.99. The molecule has 0 aliphatic rings. The van der Waals surface area contributed by atoms with E-state index < -0.39 is 5.97 Å². The fourth-order valence-corrected chi connectivity index (χ4v) is 2.76. The zero-order valence-corrected chi connectivity index (χ0v) is 13.1. The average Bonchev–Trinajstić information content (AvgIpc) is 2.98. The molecule has 3 aromatic rings. The van der Waals surface area contributed by atoms with E-state index in [1.165, 1.54) is 7.11 Å². The first-order chi connectivity index (χ1) is 11.6. The van der Waals surface area contributed by atoms with E-state index in [0.29, 0.717) is 12.0 Å². The molecule has 0 bridgehead atoms. The molecule has 1 heterocycles. The summed E-state index contributed by atoms with van der Waals surface area (Å²) in [6, 6.07) is 15.0. The molecule has 0 saturated heterocycles. The summed E-state index contributed by atoms with van der Waals surface area (Å²) in [7, 11) is 1.33. The monoisotopic (exact) mass is 324 g/mol. The topological polar surface area (TPSA) is 74.4 Å². The third-order valence-electron chi connectivity index (χ3n) is 3.91. The first-order valence-corrected chi connectivity index (χ1v) is 7.49. The molecule has 2 aromatic carbocycles. The van der Waals surface area contributed by atoms with Crippen molar-refractivity contribution in [1.82, 2.24) is 4.57 Å². The number of rotatable bonds is 5. The van der Waals surface area contributed by atoms with Gasteiger partial charge < -0.3 is 9.30 Å². The van der Waals surface area contributed by atoms with Gasteiger partial charge in [-0.25, -0.2) is 4.79 Å². The number of carbonyl (C=O) groups is 1. The molecule has 0 amide bonds. The van der Waals surface area contributed by atoms with Gasteiger partial charge in [0.15, 0.2) is 0 Å². The van der Waals surface area contributed by atoms with Crippen LogP contribution in [0.15, 0.2) is 54.7 Å². The number of benzene rings is 2. The van der Waals surface area contributed by atoms with E-state index in [-0.39, 0.29) is 11.5 Å². The highest BCUT2D eigenvalue weighted by Gasteiger charge is 2.15. The smallest absolute Gasteiger partial charge is 0.337 e. The van der Waals surface area contributed by atoms with Crippen LogP contribution in [-0.4, -0.2) is 29.1 Å². The number of hydrogen-bond donors (Lipinski definition) is 0. The molecule has 6 nitrogen and oxygen atoms in total. The first kappa shape index (κ1) is 15.7. The molecule has 122 valence electrons. The Bertz CT molecular complexity index is 900. The number of esters is 1. The van der Waals surface area contributed by atoms with Gasteiger partial charge >= 0.3 is 5.97 Å². The van der Waals surface area contributed by atoms with Gasteiger partial charge in [0, 0.05) is 28.6 Å². The Balaban J connectivity index is 2.16. The standard InChI is InChI=1S/C18H16N2O4/c1-24-18(21)13-7-8-17-16(11-13)14(9-10-20(22)23)12-19(17)15-5-3-2-4-6-15/h2-8,11-12H,9-10H2,1H3. The van der Waals surface area contributed by atoms with Crippen LogP contribution < -0.4 is 0 Å². The minimum absolute atomic E-state index is 0.156. The predicted octanol–water partition coefficient (Wildman–Crippen LogP) is 3.24. The lowest BCUT2D eigenvalue weighted by molar-refractivity contribution is -0.479. The van der Waals surface area contributed by atoms with Gasteiger partial charge in [0.1, 0.15) is 0 Å². The Kier molecular flexibility index (Phi) is 4.29. The summed E-state index contributed by atoms with van der Waals surface area (Å²) in [4.78, 5) is 22.2. The summed E-state index contributed by atoms with van der Waals surface area (Å²) in [6.07, 6.45) is 2.19. The number of ether oxygens (including phenoxy) is 1. The van der Waals surface area contributed by atoms with E-state index in [0.717, 1.165) is 22.2 Å². The minimum atomic E-state index is -0.426. The Hall–Kier alpha value is -3.15. The van der Waals surface area contributed by atoms with Crippen LogP contribution >= 0.6 is 0 Å². The molecule has 24 heavy (non-hydrogen) atoms. The van der Waals surface area contributed by atoms with Crippen molar-refractivity contribution in [2.45, 2.75) is 6.42 Å². The van der Waals surface area contributed by atoms with Gasteiger partial charge in [0.05, 0.1) is 18.2 Å². The lowest BCUT2D eigenvalue weighted by Gasteiger charge is -2.05. The number of aromatic nitrogens is 1. The Morgan fingerprint density at radius 1 is 1.21 bits per heavy atom. The first-order valence-electron chi connectivity index (χ1n) is 7.49. The van der Waals surface area contributed by atoms with Gasteiger partial charge in [0.2, 0.25) is 6.54 Å². The van der Waals surface area contributed by atoms with Crippen molar-refractivity contribution in [2.24, 2.45) is 0 Å². The highest BCUT2D eigenvalue weighted by molar-refractivity contribution is 5.96. The van der Waals surface area contributed by atoms with Gasteiger partial charge in [-0.3, -0.25) is 10.1 Å². The maximum absolute atomic E-state index is 11.8. The lowest BCUT2D eigenvalue weighted by Crippen LogP contribution is -2.04. The van der Waals surface area contributed by atoms with E-state index in [4.69, 9.17) is 4.74 Å². The largest absolute Gasteiger partial charge is 0.465 e. The Morgan fingerprint density at radius 3 is 2.62 bits per heavy atom. The molecule has 0 spiro atoms. The van der Waals surface area contributed by atoms with Crippen LogP contribution in [0, 0.1) is 10.1 Å². The predicted molar refractivity (Wildman–Crippen MR) is 90.2 cm³/mol. The molecule has 6 heteroatoms. The second-order valence-corrected chi connectivity index (χ2v) is 5.39. The van der Waals surface area contributed by atoms with E-state index in [2.05, 4.69) is 0 Å². The zero-order valence-electron chi connectivity index (χ0n) is 13.1. The van der Waals surface area contributed by atoms with E-state index >= 15 is 0 Å². The number of para-hydroxylation sites is 1. The number of methoxy groups -OCH3 is 1. The van der Waals surface area contributed by atoms with Gasteiger partial charge in [-0.15, -0.1) is 0 Å². The molecule has 0 atom stereocenters. The second kappa shape index (κ2) is 6.54. The summed E-state index contributed by atoms with van der Waals surface area (Å²) < 4.78 is 6.74. The quantitative estimate of drug-likeness (QED) is 0.410. The normalized spacial score (nSPS) is 10.7. The average molecular weight is 324 g/mol. The fourth-order valence-electron chi connectivity index (χ4n) is 2.76. The molecular formula is C18H16N2O4. The second-order valence-electron chi connectivity index (χ2n) is 5.39. The summed E-state index contributed by atoms with van der Waals surface area (Å²) in [6.45, 7) is -0.156. The number of fused-ring (bicyclic) bond motifs is 1. The number of nitrogens with zero attached hydrogens (tertiary/aromatic N) is 2. The Morgan fingerprint density at radius 2 is 1.96 bits per heavy atom. The van der Waals surface area contributed by atoms with Crippen molar-refractivity contribution in [3.05, 3.63) is 76.0 Å². The highest BCUT2D eigenvalue weighted by Crippen LogP contribution is 2.27. The number of carbonyl (C=O) groups excluding carboxylic acids is 1. The van der Waals surface area contributed by atoms with Crippen molar-refractivity contribution in [1.29, 1.82) is 0 Å². The summed E-state index contributed by atoms with van der Waals surface area (Å²) in [5, 5.41) is 11.6. The van der Waals surface area contributed by atoms with Gasteiger partial charge in [-0.2, -0.15) is 0 Å². The molecule has 0 aliphatic heterocycles. The summed E-state index contributed by atoms with van der Waals surface area (Å²) >= 11 is 0. The van der Waals surface area contributed by atoms with Crippen LogP contribution in [0.2, 0.25) is 0 Å². The van der Waals surface area contributed by atoms with E-state index in [1.54, 1.807) is 12.1 Å². The van der Waals surface area contributed by atoms with Crippen molar-refractivity contribution < 1.29 is 14.5 Å². The lowest BCUT2D eigenvalue weighted by atomic mass is 10.1. The number of hydrogen-bond acceptors (Lipinski definition) is 4. The zero-order chi connectivity index (χ0) is 17.1. The molecular weight excluding hydrogens is 308 g/mol. The molecule has 3 rings (SSSR count). The van der Waals surface area contributed by atoms with Crippen LogP contribution in [-0.2, 0) is 11.2 Å². The van der Waals surface area contributed by atoms with Crippen LogP contribution in [0.25, 0.3) is 16.6 Å². The third-order valence-corrected chi connectivity index (χ3v) is 3.91. The Labute approximate surface area is 138 Å². The van der Waals surface area contributed by atoms with Gasteiger partial charge in [-0.1, -0.05) is 18.2 Å². The van der Waals surface area contributed by atoms with Crippen molar-refractivity contribution in [3.63, 3.8) is 0 Å². The fraction of sp³-hybridized carbons (Fsp3) is 0.167.